The van der Waals surface area contributed by atoms with Crippen LogP contribution in [0.3, 0.4) is 0 Å². The number of hydrogen-bond donors (Lipinski definition) is 2. The summed E-state index contributed by atoms with van der Waals surface area (Å²) in [5, 5.41) is 11.7. The maximum absolute atomic E-state index is 13.4. The van der Waals surface area contributed by atoms with Gasteiger partial charge < -0.3 is 15.7 Å². The van der Waals surface area contributed by atoms with Gasteiger partial charge in [0.05, 0.1) is 12.0 Å². The highest BCUT2D eigenvalue weighted by molar-refractivity contribution is 6.30. The quantitative estimate of drug-likeness (QED) is 0.704. The molecule has 0 radical (unpaired) electrons. The first kappa shape index (κ1) is 21.2. The van der Waals surface area contributed by atoms with E-state index in [0.717, 1.165) is 24.0 Å². The van der Waals surface area contributed by atoms with E-state index in [4.69, 9.17) is 28.9 Å². The Hall–Kier alpha value is -2.08. The molecular weight excluding hydrogens is 423 g/mol. The van der Waals surface area contributed by atoms with Gasteiger partial charge in [-0.25, -0.2) is 0 Å². The number of halogens is 2. The van der Waals surface area contributed by atoms with Crippen molar-refractivity contribution < 1.29 is 14.7 Å². The lowest BCUT2D eigenvalue weighted by molar-refractivity contribution is -0.153. The van der Waals surface area contributed by atoms with Gasteiger partial charge in [-0.15, -0.1) is 0 Å². The third kappa shape index (κ3) is 4.34. The molecule has 1 heterocycles. The maximum atomic E-state index is 13.4. The Morgan fingerprint density at radius 1 is 1.10 bits per heavy atom. The zero-order chi connectivity index (χ0) is 21.4. The van der Waals surface area contributed by atoms with Crippen molar-refractivity contribution in [3.63, 3.8) is 0 Å². The predicted molar refractivity (Wildman–Crippen MR) is 116 cm³/mol. The summed E-state index contributed by atoms with van der Waals surface area (Å²) in [6, 6.07) is 14.8. The predicted octanol–water partition coefficient (Wildman–Crippen LogP) is 3.92. The van der Waals surface area contributed by atoms with E-state index < -0.39 is 17.9 Å². The summed E-state index contributed by atoms with van der Waals surface area (Å²) in [6.45, 7) is 0.588. The van der Waals surface area contributed by atoms with Crippen LogP contribution in [0.4, 0.5) is 0 Å². The van der Waals surface area contributed by atoms with Gasteiger partial charge in [-0.05, 0) is 60.6 Å². The molecule has 158 valence electrons. The molecule has 4 atom stereocenters. The summed E-state index contributed by atoms with van der Waals surface area (Å²) in [4.78, 5) is 27.0. The molecule has 2 aromatic rings. The van der Waals surface area contributed by atoms with Crippen LogP contribution in [0.1, 0.15) is 42.3 Å². The Bertz CT molecular complexity index is 946. The van der Waals surface area contributed by atoms with Gasteiger partial charge in [-0.2, -0.15) is 0 Å². The molecule has 1 saturated carbocycles. The van der Waals surface area contributed by atoms with Crippen molar-refractivity contribution in [1.82, 2.24) is 4.90 Å². The molecule has 0 bridgehead atoms. The van der Waals surface area contributed by atoms with Crippen LogP contribution in [0.5, 0.6) is 0 Å². The highest BCUT2D eigenvalue weighted by Gasteiger charge is 2.47. The molecule has 1 aliphatic heterocycles. The number of aliphatic hydroxyl groups is 1. The minimum absolute atomic E-state index is 0.152. The summed E-state index contributed by atoms with van der Waals surface area (Å²) in [7, 11) is 0. The second-order valence-electron chi connectivity index (χ2n) is 8.28. The molecule has 2 aliphatic rings. The number of nitrogens with zero attached hydrogens (tertiary/aromatic N) is 1. The van der Waals surface area contributed by atoms with Crippen LogP contribution in [-0.4, -0.2) is 34.5 Å². The first-order chi connectivity index (χ1) is 14.3. The Labute approximate surface area is 185 Å². The highest BCUT2D eigenvalue weighted by Crippen LogP contribution is 2.48. The molecule has 30 heavy (non-hydrogen) atoms. The van der Waals surface area contributed by atoms with Crippen molar-refractivity contribution in [2.24, 2.45) is 17.6 Å². The lowest BCUT2D eigenvalue weighted by Gasteiger charge is -2.46. The average Bonchev–Trinajstić information content (AvgIpc) is 3.54. The number of piperidine rings is 1. The minimum atomic E-state index is -1.52. The van der Waals surface area contributed by atoms with E-state index in [0.29, 0.717) is 28.9 Å². The number of carbonyl (C=O) groups is 2. The van der Waals surface area contributed by atoms with Gasteiger partial charge in [-0.3, -0.25) is 9.59 Å². The van der Waals surface area contributed by atoms with Crippen LogP contribution in [0.15, 0.2) is 48.5 Å². The first-order valence-electron chi connectivity index (χ1n) is 10.1. The summed E-state index contributed by atoms with van der Waals surface area (Å²) >= 11 is 12.4. The number of primary amides is 1. The zero-order valence-electron chi connectivity index (χ0n) is 16.4. The van der Waals surface area contributed by atoms with E-state index in [1.807, 2.05) is 47.4 Å². The number of hydrogen-bond acceptors (Lipinski definition) is 3. The number of carbonyl (C=O) groups excluding carboxylic acids is 2. The topological polar surface area (TPSA) is 83.6 Å². The number of rotatable bonds is 6. The van der Waals surface area contributed by atoms with Gasteiger partial charge in [-0.1, -0.05) is 47.5 Å². The largest absolute Gasteiger partial charge is 0.382 e. The van der Waals surface area contributed by atoms with Crippen LogP contribution < -0.4 is 5.73 Å². The van der Waals surface area contributed by atoms with Crippen LogP contribution >= 0.6 is 23.2 Å². The lowest BCUT2D eigenvalue weighted by Crippen LogP contribution is -2.53. The van der Waals surface area contributed by atoms with Crippen molar-refractivity contribution in [3.8, 4) is 0 Å². The van der Waals surface area contributed by atoms with Crippen molar-refractivity contribution in [2.45, 2.75) is 37.3 Å². The molecule has 4 rings (SSSR count). The van der Waals surface area contributed by atoms with Crippen molar-refractivity contribution in [3.05, 3.63) is 69.7 Å². The fourth-order valence-corrected chi connectivity index (χ4v) is 4.77. The van der Waals surface area contributed by atoms with E-state index in [2.05, 4.69) is 0 Å². The fourth-order valence-electron chi connectivity index (χ4n) is 4.44. The summed E-state index contributed by atoms with van der Waals surface area (Å²) < 4.78 is 0. The van der Waals surface area contributed by atoms with Crippen LogP contribution in [0.25, 0.3) is 0 Å². The lowest BCUT2D eigenvalue weighted by atomic mass is 9.74. The Balaban J connectivity index is 1.81. The number of amides is 2. The monoisotopic (exact) mass is 446 g/mol. The van der Waals surface area contributed by atoms with Gasteiger partial charge in [0.1, 0.15) is 6.10 Å². The second kappa shape index (κ2) is 8.58. The van der Waals surface area contributed by atoms with E-state index in [-0.39, 0.29) is 17.9 Å². The number of nitrogens with two attached hydrogens (primary N) is 1. The molecule has 1 saturated heterocycles. The maximum Gasteiger partial charge on any atom is 0.247 e. The van der Waals surface area contributed by atoms with Crippen LogP contribution in [0.2, 0.25) is 10.0 Å². The van der Waals surface area contributed by atoms with E-state index in [1.54, 1.807) is 6.07 Å². The average molecular weight is 447 g/mol. The number of aliphatic hydroxyl groups excluding tert-OH is 1. The van der Waals surface area contributed by atoms with Crippen LogP contribution in [-0.2, 0) is 9.59 Å². The zero-order valence-corrected chi connectivity index (χ0v) is 17.9. The van der Waals surface area contributed by atoms with E-state index in [1.165, 1.54) is 0 Å². The van der Waals surface area contributed by atoms with Gasteiger partial charge >= 0.3 is 0 Å². The molecule has 0 aromatic heterocycles. The van der Waals surface area contributed by atoms with Gasteiger partial charge in [0.15, 0.2) is 0 Å². The van der Waals surface area contributed by atoms with Crippen molar-refractivity contribution in [2.75, 3.05) is 6.54 Å². The summed E-state index contributed by atoms with van der Waals surface area (Å²) in [5.41, 5.74) is 7.28. The number of benzene rings is 2. The van der Waals surface area contributed by atoms with Gasteiger partial charge in [0, 0.05) is 22.5 Å². The summed E-state index contributed by atoms with van der Waals surface area (Å²) in [6.07, 6.45) is 0.925. The molecule has 2 amide bonds. The minimum Gasteiger partial charge on any atom is -0.382 e. The molecule has 2 fully saturated rings. The second-order valence-corrected chi connectivity index (χ2v) is 9.15. The van der Waals surface area contributed by atoms with Crippen LogP contribution in [0, 0.1) is 11.8 Å². The molecule has 0 spiro atoms. The highest BCUT2D eigenvalue weighted by atomic mass is 35.5. The smallest absolute Gasteiger partial charge is 0.247 e. The third-order valence-corrected chi connectivity index (χ3v) is 6.62. The molecule has 7 heteroatoms. The Morgan fingerprint density at radius 2 is 1.80 bits per heavy atom. The number of likely N-dealkylation sites (tertiary alicyclic amines) is 1. The normalized spacial score (nSPS) is 25.2. The first-order valence-corrected chi connectivity index (χ1v) is 10.9. The Morgan fingerprint density at radius 3 is 2.40 bits per heavy atom. The molecule has 3 N–H and O–H groups in total. The van der Waals surface area contributed by atoms with Gasteiger partial charge in [0.25, 0.3) is 0 Å². The standard InChI is InChI=1S/C23H24Cl2N2O3/c24-16-8-6-14(7-9-16)20-18(15-2-1-3-17(25)10-15)11-19(21(28)22(26)29)23(30)27(20)12-13-4-5-13/h1-3,6-10,13,18-21,28H,4-5,11-12H2,(H2,26,29). The van der Waals surface area contributed by atoms with E-state index >= 15 is 0 Å². The fraction of sp³-hybridized carbons (Fsp3) is 0.391. The Kier molecular flexibility index (Phi) is 6.05. The molecule has 2 aromatic carbocycles. The van der Waals surface area contributed by atoms with E-state index in [9.17, 15) is 14.7 Å². The molecule has 5 nitrogen and oxygen atoms in total. The molecule has 1 aliphatic carbocycles. The third-order valence-electron chi connectivity index (χ3n) is 6.14. The van der Waals surface area contributed by atoms with Crippen molar-refractivity contribution in [1.29, 1.82) is 0 Å². The summed E-state index contributed by atoms with van der Waals surface area (Å²) in [5.74, 6) is -1.71. The van der Waals surface area contributed by atoms with Crippen molar-refractivity contribution >= 4 is 35.0 Å². The molecular formula is C23H24Cl2N2O3. The SMILES string of the molecule is NC(=O)C(O)C1CC(c2cccc(Cl)c2)C(c2ccc(Cl)cc2)N(CC2CC2)C1=O. The molecule has 4 unspecified atom stereocenters. The van der Waals surface area contributed by atoms with Gasteiger partial charge in [0.2, 0.25) is 11.8 Å².